The second-order valence-corrected chi connectivity index (χ2v) is 14.0. The fourth-order valence-electron chi connectivity index (χ4n) is 6.54. The van der Waals surface area contributed by atoms with Gasteiger partial charge in [0.1, 0.15) is 0 Å². The van der Waals surface area contributed by atoms with Crippen molar-refractivity contribution in [3.63, 3.8) is 0 Å². The third-order valence-electron chi connectivity index (χ3n) is 9.65. The van der Waals surface area contributed by atoms with Gasteiger partial charge in [0.25, 0.3) is 0 Å². The number of aliphatic hydroxyl groups excluding tert-OH is 2. The Morgan fingerprint density at radius 2 is 0.381 bits per heavy atom. The Bertz CT molecular complexity index is 465. The topological polar surface area (TPSA) is 40.5 Å². The van der Waals surface area contributed by atoms with Gasteiger partial charge in [0.15, 0.2) is 0 Å². The third kappa shape index (κ3) is 34.4. The maximum absolute atomic E-state index is 10.3. The molecule has 0 spiro atoms. The molecule has 0 aliphatic rings. The molecule has 2 unspecified atom stereocenters. The highest BCUT2D eigenvalue weighted by Crippen LogP contribution is 2.18. The lowest BCUT2D eigenvalue weighted by atomic mass is 9.99. The first-order chi connectivity index (χ1) is 20.7. The first-order valence-corrected chi connectivity index (χ1v) is 20.1. The minimum absolute atomic E-state index is 0.512. The third-order valence-corrected chi connectivity index (χ3v) is 9.65. The lowest BCUT2D eigenvalue weighted by Crippen LogP contribution is -2.25. The standard InChI is InChI=1S/C40H82O2/c1-3-5-7-9-11-13-15-17-19-20-21-22-24-26-28-30-32-34-36-38-40(42)39(41)37-35-33-31-29-27-25-23-18-16-14-12-10-8-6-4-2/h39-42H,3-38H2,1-2H3. The van der Waals surface area contributed by atoms with Crippen molar-refractivity contribution in [1.82, 2.24) is 0 Å². The van der Waals surface area contributed by atoms with Crippen molar-refractivity contribution in [2.45, 2.75) is 257 Å². The van der Waals surface area contributed by atoms with Gasteiger partial charge in [-0.3, -0.25) is 0 Å². The van der Waals surface area contributed by atoms with Crippen molar-refractivity contribution in [2.24, 2.45) is 0 Å². The molecule has 0 rings (SSSR count). The van der Waals surface area contributed by atoms with E-state index in [-0.39, 0.29) is 0 Å². The Morgan fingerprint density at radius 1 is 0.238 bits per heavy atom. The molecule has 0 aromatic carbocycles. The van der Waals surface area contributed by atoms with Crippen LogP contribution < -0.4 is 0 Å². The van der Waals surface area contributed by atoms with Gasteiger partial charge in [-0.15, -0.1) is 0 Å². The van der Waals surface area contributed by atoms with Gasteiger partial charge in [0.05, 0.1) is 12.2 Å². The van der Waals surface area contributed by atoms with Crippen LogP contribution in [0.15, 0.2) is 0 Å². The molecular weight excluding hydrogens is 512 g/mol. The van der Waals surface area contributed by atoms with Crippen LogP contribution in [0.4, 0.5) is 0 Å². The van der Waals surface area contributed by atoms with Crippen molar-refractivity contribution in [2.75, 3.05) is 0 Å². The Kier molecular flexibility index (Phi) is 37.0. The minimum atomic E-state index is -0.512. The minimum Gasteiger partial charge on any atom is -0.390 e. The van der Waals surface area contributed by atoms with E-state index in [4.69, 9.17) is 0 Å². The van der Waals surface area contributed by atoms with Gasteiger partial charge in [-0.25, -0.2) is 0 Å². The number of rotatable bonds is 37. The molecule has 2 heteroatoms. The maximum atomic E-state index is 10.3. The Balaban J connectivity index is 3.25. The highest BCUT2D eigenvalue weighted by Gasteiger charge is 2.15. The molecule has 0 aromatic rings. The van der Waals surface area contributed by atoms with Crippen LogP contribution in [0.2, 0.25) is 0 Å². The molecule has 0 saturated carbocycles. The van der Waals surface area contributed by atoms with Gasteiger partial charge in [-0.2, -0.15) is 0 Å². The Morgan fingerprint density at radius 3 is 0.548 bits per heavy atom. The smallest absolute Gasteiger partial charge is 0.0799 e. The van der Waals surface area contributed by atoms with E-state index >= 15 is 0 Å². The summed E-state index contributed by atoms with van der Waals surface area (Å²) in [5.74, 6) is 0. The van der Waals surface area contributed by atoms with Crippen LogP contribution in [0.3, 0.4) is 0 Å². The molecule has 42 heavy (non-hydrogen) atoms. The van der Waals surface area contributed by atoms with E-state index in [1.807, 2.05) is 0 Å². The molecule has 0 aliphatic carbocycles. The second-order valence-electron chi connectivity index (χ2n) is 14.0. The van der Waals surface area contributed by atoms with Crippen molar-refractivity contribution < 1.29 is 10.2 Å². The van der Waals surface area contributed by atoms with E-state index in [0.29, 0.717) is 0 Å². The number of hydrogen-bond acceptors (Lipinski definition) is 2. The van der Waals surface area contributed by atoms with Gasteiger partial charge in [-0.1, -0.05) is 232 Å². The molecule has 0 aliphatic heterocycles. The zero-order chi connectivity index (χ0) is 30.6. The average molecular weight is 595 g/mol. The largest absolute Gasteiger partial charge is 0.390 e. The number of unbranched alkanes of at least 4 members (excludes halogenated alkanes) is 32. The summed E-state index contributed by atoms with van der Waals surface area (Å²) in [5.41, 5.74) is 0. The summed E-state index contributed by atoms with van der Waals surface area (Å²) in [4.78, 5) is 0. The molecular formula is C40H82O2. The molecule has 0 heterocycles. The highest BCUT2D eigenvalue weighted by molar-refractivity contribution is 4.67. The molecule has 0 saturated heterocycles. The molecule has 2 nitrogen and oxygen atoms in total. The van der Waals surface area contributed by atoms with E-state index in [9.17, 15) is 10.2 Å². The monoisotopic (exact) mass is 595 g/mol. The van der Waals surface area contributed by atoms with E-state index < -0.39 is 12.2 Å². The Hall–Kier alpha value is -0.0800. The molecule has 0 aromatic heterocycles. The van der Waals surface area contributed by atoms with Gasteiger partial charge in [0.2, 0.25) is 0 Å². The van der Waals surface area contributed by atoms with Crippen LogP contribution in [0.1, 0.15) is 245 Å². The summed E-state index contributed by atoms with van der Waals surface area (Å²) in [6, 6.07) is 0. The fraction of sp³-hybridized carbons (Fsp3) is 1.00. The Labute approximate surface area is 267 Å². The molecule has 0 radical (unpaired) electrons. The van der Waals surface area contributed by atoms with E-state index in [1.165, 1.54) is 205 Å². The quantitative estimate of drug-likeness (QED) is 0.0702. The zero-order valence-corrected chi connectivity index (χ0v) is 29.5. The van der Waals surface area contributed by atoms with Gasteiger partial charge in [0, 0.05) is 0 Å². The predicted molar refractivity (Wildman–Crippen MR) is 190 cm³/mol. The summed E-state index contributed by atoms with van der Waals surface area (Å²) in [7, 11) is 0. The van der Waals surface area contributed by atoms with E-state index in [0.717, 1.165) is 25.7 Å². The first-order valence-electron chi connectivity index (χ1n) is 20.1. The molecule has 2 N–H and O–H groups in total. The first kappa shape index (κ1) is 41.9. The normalized spacial score (nSPS) is 13.1. The van der Waals surface area contributed by atoms with Crippen molar-refractivity contribution >= 4 is 0 Å². The number of aliphatic hydroxyl groups is 2. The number of hydrogen-bond donors (Lipinski definition) is 2. The summed E-state index contributed by atoms with van der Waals surface area (Å²) in [6.45, 7) is 4.59. The fourth-order valence-corrected chi connectivity index (χ4v) is 6.54. The summed E-state index contributed by atoms with van der Waals surface area (Å²) in [5, 5.41) is 20.6. The van der Waals surface area contributed by atoms with Gasteiger partial charge >= 0.3 is 0 Å². The summed E-state index contributed by atoms with van der Waals surface area (Å²) in [6.07, 6.45) is 47.4. The highest BCUT2D eigenvalue weighted by atomic mass is 16.3. The van der Waals surface area contributed by atoms with Crippen LogP contribution in [0.25, 0.3) is 0 Å². The molecule has 0 bridgehead atoms. The lowest BCUT2D eigenvalue weighted by molar-refractivity contribution is 0.00711. The molecule has 2 atom stereocenters. The van der Waals surface area contributed by atoms with Gasteiger partial charge < -0.3 is 10.2 Å². The van der Waals surface area contributed by atoms with E-state index in [2.05, 4.69) is 13.8 Å². The maximum Gasteiger partial charge on any atom is 0.0799 e. The van der Waals surface area contributed by atoms with E-state index in [1.54, 1.807) is 0 Å². The molecule has 0 amide bonds. The van der Waals surface area contributed by atoms with Gasteiger partial charge in [-0.05, 0) is 12.8 Å². The average Bonchev–Trinajstić information content (AvgIpc) is 3.00. The molecule has 254 valence electrons. The lowest BCUT2D eigenvalue weighted by Gasteiger charge is -2.17. The van der Waals surface area contributed by atoms with Crippen LogP contribution in [-0.2, 0) is 0 Å². The van der Waals surface area contributed by atoms with Crippen LogP contribution >= 0.6 is 0 Å². The summed E-state index contributed by atoms with van der Waals surface area (Å²) < 4.78 is 0. The van der Waals surface area contributed by atoms with Crippen molar-refractivity contribution in [3.05, 3.63) is 0 Å². The van der Waals surface area contributed by atoms with Crippen molar-refractivity contribution in [1.29, 1.82) is 0 Å². The summed E-state index contributed by atoms with van der Waals surface area (Å²) >= 11 is 0. The second kappa shape index (κ2) is 37.1. The van der Waals surface area contributed by atoms with Crippen molar-refractivity contribution in [3.8, 4) is 0 Å². The zero-order valence-electron chi connectivity index (χ0n) is 29.5. The molecule has 0 fully saturated rings. The predicted octanol–water partition coefficient (Wildman–Crippen LogP) is 13.8. The van der Waals surface area contributed by atoms with Crippen LogP contribution in [-0.4, -0.2) is 22.4 Å². The SMILES string of the molecule is CCCCCCCCCCCCCCCCCCCCCC(O)C(O)CCCCCCCCCCCCCCCCC. The van der Waals surface area contributed by atoms with Crippen LogP contribution in [0.5, 0.6) is 0 Å². The van der Waals surface area contributed by atoms with Crippen LogP contribution in [0, 0.1) is 0 Å².